The molecule has 0 bridgehead atoms. The minimum absolute atomic E-state index is 0.103. The van der Waals surface area contributed by atoms with Gasteiger partial charge in [-0.1, -0.05) is 0 Å². The van der Waals surface area contributed by atoms with Gasteiger partial charge in [-0.2, -0.15) is 5.26 Å². The van der Waals surface area contributed by atoms with Crippen LogP contribution in [-0.4, -0.2) is 14.3 Å². The van der Waals surface area contributed by atoms with Crippen LogP contribution in [0.2, 0.25) is 0 Å². The molecule has 0 saturated carbocycles. The Morgan fingerprint density at radius 3 is 2.62 bits per heavy atom. The van der Waals surface area contributed by atoms with Gasteiger partial charge in [-0.3, -0.25) is 9.52 Å². The first-order valence-electron chi connectivity index (χ1n) is 5.55. The number of amides is 1. The highest BCUT2D eigenvalue weighted by Crippen LogP contribution is 2.27. The average Bonchev–Trinajstić information content (AvgIpc) is 2.84. The number of carbonyl (C=O) groups is 1. The number of primary amides is 1. The van der Waals surface area contributed by atoms with Gasteiger partial charge in [-0.25, -0.2) is 8.42 Å². The van der Waals surface area contributed by atoms with Crippen molar-refractivity contribution in [3.63, 3.8) is 0 Å². The van der Waals surface area contributed by atoms with Crippen LogP contribution in [0.3, 0.4) is 0 Å². The summed E-state index contributed by atoms with van der Waals surface area (Å²) in [5.41, 5.74) is 11.0. The Morgan fingerprint density at radius 2 is 2.05 bits per heavy atom. The molecule has 2 aromatic rings. The maximum Gasteiger partial charge on any atom is 0.264 e. The normalized spacial score (nSPS) is 10.8. The lowest BCUT2D eigenvalue weighted by Crippen LogP contribution is -2.16. The number of hydrogen-bond acceptors (Lipinski definition) is 6. The van der Waals surface area contributed by atoms with Gasteiger partial charge in [0.1, 0.15) is 16.0 Å². The Hall–Kier alpha value is -2.57. The molecule has 0 spiro atoms. The van der Waals surface area contributed by atoms with E-state index in [1.165, 1.54) is 24.3 Å². The molecule has 7 nitrogen and oxygen atoms in total. The van der Waals surface area contributed by atoms with E-state index in [1.807, 2.05) is 6.07 Å². The molecule has 1 heterocycles. The van der Waals surface area contributed by atoms with E-state index in [2.05, 4.69) is 4.72 Å². The summed E-state index contributed by atoms with van der Waals surface area (Å²) in [6, 6.07) is 7.03. The number of sulfonamides is 1. The summed E-state index contributed by atoms with van der Waals surface area (Å²) < 4.78 is 26.8. The minimum atomic E-state index is -3.96. The van der Waals surface area contributed by atoms with Gasteiger partial charge in [0.2, 0.25) is 5.91 Å². The standard InChI is InChI=1S/C12H10N4O3S2/c13-6-8-3-4-20-12(8)16-21(18,19)10-2-1-7(11(15)17)5-9(10)14/h1-5,16H,14H2,(H2,15,17). The molecule has 0 fully saturated rings. The summed E-state index contributed by atoms with van der Waals surface area (Å²) in [6.45, 7) is 0. The molecular weight excluding hydrogens is 312 g/mol. The van der Waals surface area contributed by atoms with Crippen molar-refractivity contribution < 1.29 is 13.2 Å². The lowest BCUT2D eigenvalue weighted by Gasteiger charge is -2.09. The van der Waals surface area contributed by atoms with Crippen LogP contribution in [0.4, 0.5) is 10.7 Å². The maximum absolute atomic E-state index is 12.3. The van der Waals surface area contributed by atoms with Gasteiger partial charge in [0.05, 0.1) is 11.3 Å². The van der Waals surface area contributed by atoms with Crippen molar-refractivity contribution in [3.05, 3.63) is 40.8 Å². The highest BCUT2D eigenvalue weighted by Gasteiger charge is 2.20. The van der Waals surface area contributed by atoms with E-state index in [-0.39, 0.29) is 26.7 Å². The number of nitrogens with one attached hydrogen (secondary N) is 1. The van der Waals surface area contributed by atoms with Crippen molar-refractivity contribution in [2.75, 3.05) is 10.5 Å². The molecule has 5 N–H and O–H groups in total. The fraction of sp³-hybridized carbons (Fsp3) is 0. The predicted molar refractivity (Wildman–Crippen MR) is 79.2 cm³/mol. The Bertz CT molecular complexity index is 850. The first-order chi connectivity index (χ1) is 9.85. The molecular formula is C12H10N4O3S2. The zero-order valence-electron chi connectivity index (χ0n) is 10.5. The zero-order valence-corrected chi connectivity index (χ0v) is 12.2. The van der Waals surface area contributed by atoms with Gasteiger partial charge >= 0.3 is 0 Å². The van der Waals surface area contributed by atoms with E-state index >= 15 is 0 Å². The second-order valence-electron chi connectivity index (χ2n) is 4.00. The monoisotopic (exact) mass is 322 g/mol. The second kappa shape index (κ2) is 5.43. The third-order valence-corrected chi connectivity index (χ3v) is 4.98. The third-order valence-electron chi connectivity index (χ3n) is 2.60. The molecule has 1 aromatic carbocycles. The van der Waals surface area contributed by atoms with E-state index in [0.717, 1.165) is 11.3 Å². The largest absolute Gasteiger partial charge is 0.398 e. The van der Waals surface area contributed by atoms with Gasteiger partial charge in [0, 0.05) is 5.56 Å². The Labute approximate surface area is 124 Å². The molecule has 0 aliphatic carbocycles. The number of nitriles is 1. The van der Waals surface area contributed by atoms with Crippen LogP contribution in [-0.2, 0) is 10.0 Å². The molecule has 1 aromatic heterocycles. The number of nitrogens with two attached hydrogens (primary N) is 2. The predicted octanol–water partition coefficient (Wildman–Crippen LogP) is 1.10. The molecule has 0 unspecified atom stereocenters. The van der Waals surface area contributed by atoms with Crippen molar-refractivity contribution in [2.45, 2.75) is 4.90 Å². The van der Waals surface area contributed by atoms with Crippen LogP contribution >= 0.6 is 11.3 Å². The molecule has 9 heteroatoms. The number of benzene rings is 1. The van der Waals surface area contributed by atoms with Crippen molar-refractivity contribution >= 4 is 38.0 Å². The topological polar surface area (TPSA) is 139 Å². The third kappa shape index (κ3) is 2.96. The van der Waals surface area contributed by atoms with Crippen molar-refractivity contribution in [3.8, 4) is 6.07 Å². The molecule has 0 aliphatic heterocycles. The number of carbonyl (C=O) groups excluding carboxylic acids is 1. The van der Waals surface area contributed by atoms with Crippen molar-refractivity contribution in [1.82, 2.24) is 0 Å². The number of thiophene rings is 1. The first-order valence-corrected chi connectivity index (χ1v) is 7.91. The number of rotatable bonds is 4. The minimum Gasteiger partial charge on any atom is -0.398 e. The zero-order chi connectivity index (χ0) is 15.6. The summed E-state index contributed by atoms with van der Waals surface area (Å²) in [4.78, 5) is 10.8. The molecule has 0 radical (unpaired) electrons. The van der Waals surface area contributed by atoms with Crippen LogP contribution in [0, 0.1) is 11.3 Å². The van der Waals surface area contributed by atoms with E-state index in [9.17, 15) is 13.2 Å². The summed E-state index contributed by atoms with van der Waals surface area (Å²) in [7, 11) is -3.96. The molecule has 0 atom stereocenters. The molecule has 0 aliphatic rings. The summed E-state index contributed by atoms with van der Waals surface area (Å²) >= 11 is 1.08. The van der Waals surface area contributed by atoms with Crippen molar-refractivity contribution in [1.29, 1.82) is 5.26 Å². The summed E-state index contributed by atoms with van der Waals surface area (Å²) in [6.07, 6.45) is 0. The number of nitrogen functional groups attached to an aromatic ring is 1. The van der Waals surface area contributed by atoms with Gasteiger partial charge in [-0.05, 0) is 29.6 Å². The van der Waals surface area contributed by atoms with Gasteiger partial charge in [0.15, 0.2) is 0 Å². The first kappa shape index (κ1) is 14.8. The number of hydrogen-bond donors (Lipinski definition) is 3. The van der Waals surface area contributed by atoms with Gasteiger partial charge in [-0.15, -0.1) is 11.3 Å². The lowest BCUT2D eigenvalue weighted by molar-refractivity contribution is 0.1000. The van der Waals surface area contributed by atoms with Crippen LogP contribution in [0.25, 0.3) is 0 Å². The fourth-order valence-corrected chi connectivity index (χ4v) is 3.78. The molecule has 2 rings (SSSR count). The van der Waals surface area contributed by atoms with E-state index in [0.29, 0.717) is 0 Å². The number of nitrogens with zero attached hydrogens (tertiary/aromatic N) is 1. The van der Waals surface area contributed by atoms with Crippen LogP contribution < -0.4 is 16.2 Å². The molecule has 0 saturated heterocycles. The number of anilines is 2. The van der Waals surface area contributed by atoms with Crippen LogP contribution in [0.15, 0.2) is 34.5 Å². The highest BCUT2D eigenvalue weighted by molar-refractivity contribution is 7.93. The Kier molecular flexibility index (Phi) is 3.84. The van der Waals surface area contributed by atoms with Gasteiger partial charge < -0.3 is 11.5 Å². The van der Waals surface area contributed by atoms with Crippen LogP contribution in [0.1, 0.15) is 15.9 Å². The SMILES string of the molecule is N#Cc1ccsc1NS(=O)(=O)c1ccc(C(N)=O)cc1N. The lowest BCUT2D eigenvalue weighted by atomic mass is 10.2. The van der Waals surface area contributed by atoms with E-state index in [4.69, 9.17) is 16.7 Å². The fourth-order valence-electron chi connectivity index (χ4n) is 1.60. The molecule has 1 amide bonds. The smallest absolute Gasteiger partial charge is 0.264 e. The second-order valence-corrected chi connectivity index (χ2v) is 6.56. The summed E-state index contributed by atoms with van der Waals surface area (Å²) in [5.74, 6) is -0.705. The molecule has 108 valence electrons. The Balaban J connectivity index is 2.41. The van der Waals surface area contributed by atoms with Gasteiger partial charge in [0.25, 0.3) is 10.0 Å². The highest BCUT2D eigenvalue weighted by atomic mass is 32.2. The van der Waals surface area contributed by atoms with Crippen LogP contribution in [0.5, 0.6) is 0 Å². The van der Waals surface area contributed by atoms with E-state index < -0.39 is 15.9 Å². The quantitative estimate of drug-likeness (QED) is 0.723. The van der Waals surface area contributed by atoms with E-state index in [1.54, 1.807) is 5.38 Å². The maximum atomic E-state index is 12.3. The Morgan fingerprint density at radius 1 is 1.33 bits per heavy atom. The average molecular weight is 322 g/mol. The summed E-state index contributed by atoms with van der Waals surface area (Å²) in [5, 5.41) is 10.7. The van der Waals surface area contributed by atoms with Crippen molar-refractivity contribution in [2.24, 2.45) is 5.73 Å². The molecule has 21 heavy (non-hydrogen) atoms.